The summed E-state index contributed by atoms with van der Waals surface area (Å²) in [7, 11) is 1.78. The zero-order valence-corrected chi connectivity index (χ0v) is 11.4. The van der Waals surface area contributed by atoms with Gasteiger partial charge in [-0.05, 0) is 25.0 Å². The van der Waals surface area contributed by atoms with Gasteiger partial charge in [0.2, 0.25) is 0 Å². The average Bonchev–Trinajstić information content (AvgIpc) is 3.07. The third kappa shape index (κ3) is 2.26. The van der Waals surface area contributed by atoms with Crippen LogP contribution >= 0.6 is 0 Å². The van der Waals surface area contributed by atoms with Crippen LogP contribution in [0.5, 0.6) is 0 Å². The Kier molecular flexibility index (Phi) is 3.17. The predicted octanol–water partition coefficient (Wildman–Crippen LogP) is 0.676. The van der Waals surface area contributed by atoms with Crippen molar-refractivity contribution in [3.63, 3.8) is 0 Å². The van der Waals surface area contributed by atoms with Crippen LogP contribution in [0.4, 0.5) is 5.82 Å². The number of piperidine rings is 1. The quantitative estimate of drug-likeness (QED) is 0.873. The maximum Gasteiger partial charge on any atom is 0.272 e. The number of nitrogens with two attached hydrogens (primary N) is 1. The number of rotatable bonds is 2. The van der Waals surface area contributed by atoms with Crippen LogP contribution in [0.1, 0.15) is 29.4 Å². The molecular formula is C13H18N6O. The highest BCUT2D eigenvalue weighted by Crippen LogP contribution is 2.23. The molecule has 0 bridgehead atoms. The third-order valence-electron chi connectivity index (χ3n) is 3.79. The molecule has 0 radical (unpaired) electrons. The lowest BCUT2D eigenvalue weighted by molar-refractivity contribution is 0.0679. The number of aromatic nitrogens is 4. The molecule has 2 N–H and O–H groups in total. The van der Waals surface area contributed by atoms with E-state index < -0.39 is 0 Å². The summed E-state index contributed by atoms with van der Waals surface area (Å²) in [5.74, 6) is 0.585. The molecule has 0 atom stereocenters. The van der Waals surface area contributed by atoms with Crippen molar-refractivity contribution in [2.75, 3.05) is 18.8 Å². The minimum absolute atomic E-state index is 0.0448. The molecule has 0 unspecified atom stereocenters. The molecule has 0 saturated carbocycles. The number of likely N-dealkylation sites (tertiary alicyclic amines) is 1. The van der Waals surface area contributed by atoms with Gasteiger partial charge in [0.05, 0.1) is 6.04 Å². The lowest BCUT2D eigenvalue weighted by Crippen LogP contribution is -2.39. The number of amides is 1. The van der Waals surface area contributed by atoms with Crippen molar-refractivity contribution in [1.29, 1.82) is 0 Å². The van der Waals surface area contributed by atoms with Crippen molar-refractivity contribution in [2.45, 2.75) is 18.9 Å². The number of hydrogen-bond acceptors (Lipinski definition) is 4. The van der Waals surface area contributed by atoms with E-state index in [2.05, 4.69) is 10.2 Å². The second kappa shape index (κ2) is 4.99. The molecular weight excluding hydrogens is 256 g/mol. The summed E-state index contributed by atoms with van der Waals surface area (Å²) in [6, 6.07) is 3.87. The fourth-order valence-corrected chi connectivity index (χ4v) is 2.64. The van der Waals surface area contributed by atoms with Gasteiger partial charge in [0.15, 0.2) is 0 Å². The first-order chi connectivity index (χ1) is 9.65. The second-order valence-electron chi connectivity index (χ2n) is 5.08. The molecule has 3 heterocycles. The Labute approximate surface area is 117 Å². The van der Waals surface area contributed by atoms with E-state index in [1.165, 1.54) is 0 Å². The van der Waals surface area contributed by atoms with Gasteiger partial charge in [-0.3, -0.25) is 14.2 Å². The lowest BCUT2D eigenvalue weighted by Gasteiger charge is -2.32. The van der Waals surface area contributed by atoms with Crippen molar-refractivity contribution >= 4 is 11.7 Å². The van der Waals surface area contributed by atoms with Crippen molar-refractivity contribution in [2.24, 2.45) is 7.05 Å². The van der Waals surface area contributed by atoms with E-state index in [9.17, 15) is 4.79 Å². The smallest absolute Gasteiger partial charge is 0.272 e. The minimum atomic E-state index is 0.0448. The number of anilines is 1. The Morgan fingerprint density at radius 1 is 1.35 bits per heavy atom. The van der Waals surface area contributed by atoms with Crippen LogP contribution in [0.2, 0.25) is 0 Å². The van der Waals surface area contributed by atoms with Gasteiger partial charge in [-0.1, -0.05) is 0 Å². The Hall–Kier alpha value is -2.31. The van der Waals surface area contributed by atoms with Crippen LogP contribution in [-0.2, 0) is 7.05 Å². The summed E-state index contributed by atoms with van der Waals surface area (Å²) in [5.41, 5.74) is 6.27. The first-order valence-corrected chi connectivity index (χ1v) is 6.73. The molecule has 1 amide bonds. The topological polar surface area (TPSA) is 82.0 Å². The molecule has 0 spiro atoms. The van der Waals surface area contributed by atoms with E-state index >= 15 is 0 Å². The Balaban J connectivity index is 1.64. The molecule has 2 aromatic rings. The summed E-state index contributed by atoms with van der Waals surface area (Å²) in [6.07, 6.45) is 5.33. The zero-order valence-electron chi connectivity index (χ0n) is 11.4. The van der Waals surface area contributed by atoms with Crippen LogP contribution in [0.25, 0.3) is 0 Å². The van der Waals surface area contributed by atoms with Gasteiger partial charge in [0.25, 0.3) is 5.91 Å². The molecule has 1 aliphatic rings. The maximum atomic E-state index is 12.4. The Bertz CT molecular complexity index is 608. The molecule has 2 aromatic heterocycles. The molecule has 1 saturated heterocycles. The molecule has 7 heteroatoms. The van der Waals surface area contributed by atoms with Gasteiger partial charge in [-0.2, -0.15) is 10.2 Å². The van der Waals surface area contributed by atoms with E-state index in [-0.39, 0.29) is 5.91 Å². The number of carbonyl (C=O) groups is 1. The van der Waals surface area contributed by atoms with E-state index in [4.69, 9.17) is 5.73 Å². The van der Waals surface area contributed by atoms with Crippen LogP contribution in [0.3, 0.4) is 0 Å². The zero-order chi connectivity index (χ0) is 14.1. The molecule has 0 aliphatic carbocycles. The molecule has 20 heavy (non-hydrogen) atoms. The van der Waals surface area contributed by atoms with Crippen molar-refractivity contribution in [1.82, 2.24) is 24.5 Å². The Morgan fingerprint density at radius 3 is 2.65 bits per heavy atom. The third-order valence-corrected chi connectivity index (χ3v) is 3.79. The molecule has 1 aliphatic heterocycles. The van der Waals surface area contributed by atoms with Crippen LogP contribution < -0.4 is 5.73 Å². The molecule has 7 nitrogen and oxygen atoms in total. The SMILES string of the molecule is Cn1nccc1C(=O)N1CCC(n2ccc(N)n2)CC1. The van der Waals surface area contributed by atoms with Crippen molar-refractivity contribution in [3.05, 3.63) is 30.2 Å². The summed E-state index contributed by atoms with van der Waals surface area (Å²) < 4.78 is 3.52. The van der Waals surface area contributed by atoms with Crippen LogP contribution in [0.15, 0.2) is 24.5 Å². The normalized spacial score (nSPS) is 16.6. The van der Waals surface area contributed by atoms with Gasteiger partial charge in [-0.25, -0.2) is 0 Å². The highest BCUT2D eigenvalue weighted by Gasteiger charge is 2.26. The van der Waals surface area contributed by atoms with E-state index in [1.54, 1.807) is 30.1 Å². The highest BCUT2D eigenvalue weighted by atomic mass is 16.2. The molecule has 106 valence electrons. The summed E-state index contributed by atoms with van der Waals surface area (Å²) in [6.45, 7) is 1.46. The fourth-order valence-electron chi connectivity index (χ4n) is 2.64. The predicted molar refractivity (Wildman–Crippen MR) is 74.0 cm³/mol. The average molecular weight is 274 g/mol. The maximum absolute atomic E-state index is 12.4. The molecule has 3 rings (SSSR count). The minimum Gasteiger partial charge on any atom is -0.382 e. The standard InChI is InChI=1S/C13H18N6O/c1-17-11(2-6-15-17)13(20)18-7-3-10(4-8-18)19-9-5-12(14)16-19/h2,5-6,9-10H,3-4,7-8H2,1H3,(H2,14,16). The van der Waals surface area contributed by atoms with Gasteiger partial charge in [-0.15, -0.1) is 0 Å². The summed E-state index contributed by atoms with van der Waals surface area (Å²) in [4.78, 5) is 14.2. The summed E-state index contributed by atoms with van der Waals surface area (Å²) >= 11 is 0. The monoisotopic (exact) mass is 274 g/mol. The fraction of sp³-hybridized carbons (Fsp3) is 0.462. The highest BCUT2D eigenvalue weighted by molar-refractivity contribution is 5.92. The van der Waals surface area contributed by atoms with E-state index in [0.29, 0.717) is 17.6 Å². The van der Waals surface area contributed by atoms with Crippen LogP contribution in [0, 0.1) is 0 Å². The first-order valence-electron chi connectivity index (χ1n) is 6.73. The van der Waals surface area contributed by atoms with Gasteiger partial charge < -0.3 is 10.6 Å². The van der Waals surface area contributed by atoms with Gasteiger partial charge in [0, 0.05) is 32.5 Å². The van der Waals surface area contributed by atoms with Crippen LogP contribution in [-0.4, -0.2) is 43.5 Å². The van der Waals surface area contributed by atoms with Crippen molar-refractivity contribution in [3.8, 4) is 0 Å². The largest absolute Gasteiger partial charge is 0.382 e. The number of hydrogen-bond donors (Lipinski definition) is 1. The number of carbonyl (C=O) groups excluding carboxylic acids is 1. The van der Waals surface area contributed by atoms with Crippen molar-refractivity contribution < 1.29 is 4.79 Å². The Morgan fingerprint density at radius 2 is 2.10 bits per heavy atom. The first kappa shape index (κ1) is 12.7. The second-order valence-corrected chi connectivity index (χ2v) is 5.08. The van der Waals surface area contributed by atoms with Gasteiger partial charge in [0.1, 0.15) is 11.5 Å². The number of nitrogen functional groups attached to an aromatic ring is 1. The molecule has 1 fully saturated rings. The molecule has 0 aromatic carbocycles. The number of nitrogens with zero attached hydrogens (tertiary/aromatic N) is 5. The lowest BCUT2D eigenvalue weighted by atomic mass is 10.1. The van der Waals surface area contributed by atoms with Gasteiger partial charge >= 0.3 is 0 Å². The summed E-state index contributed by atoms with van der Waals surface area (Å²) in [5, 5.41) is 8.28. The number of aryl methyl sites for hydroxylation is 1. The van der Waals surface area contributed by atoms with E-state index in [1.807, 2.05) is 15.8 Å². The van der Waals surface area contributed by atoms with E-state index in [0.717, 1.165) is 25.9 Å².